The number of hydrogen-bond donors (Lipinski definition) is 3. The molecule has 0 spiro atoms. The van der Waals surface area contributed by atoms with Gasteiger partial charge in [-0.1, -0.05) is 11.6 Å². The highest BCUT2D eigenvalue weighted by Gasteiger charge is 2.13. The number of nitrogen functional groups attached to an aromatic ring is 2. The molecule has 0 atom stereocenters. The molecule has 122 valence electrons. The van der Waals surface area contributed by atoms with Gasteiger partial charge in [0, 0.05) is 16.4 Å². The molecule has 0 saturated carbocycles. The molecule has 0 aliphatic rings. The van der Waals surface area contributed by atoms with Gasteiger partial charge in [0.05, 0.1) is 12.7 Å². The molecule has 0 amide bonds. The highest BCUT2D eigenvalue weighted by molar-refractivity contribution is 6.30. The van der Waals surface area contributed by atoms with Crippen molar-refractivity contribution in [2.24, 2.45) is 0 Å². The number of nitrogens with two attached hydrogens (primary N) is 2. The van der Waals surface area contributed by atoms with Gasteiger partial charge in [-0.25, -0.2) is 0 Å². The molecule has 8 heteroatoms. The van der Waals surface area contributed by atoms with E-state index in [4.69, 9.17) is 27.8 Å². The maximum Gasteiger partial charge on any atom is 0.232 e. The normalized spacial score (nSPS) is 10.4. The van der Waals surface area contributed by atoms with Crippen LogP contribution < -0.4 is 21.5 Å². The fourth-order valence-corrected chi connectivity index (χ4v) is 2.29. The Kier molecular flexibility index (Phi) is 4.35. The van der Waals surface area contributed by atoms with Crippen molar-refractivity contribution in [3.8, 4) is 17.1 Å². The Morgan fingerprint density at radius 2 is 1.75 bits per heavy atom. The number of benzene rings is 2. The summed E-state index contributed by atoms with van der Waals surface area (Å²) < 4.78 is 5.33. The van der Waals surface area contributed by atoms with Gasteiger partial charge in [-0.3, -0.25) is 0 Å². The Morgan fingerprint density at radius 3 is 2.46 bits per heavy atom. The Bertz CT molecular complexity index is 869. The third-order valence-corrected chi connectivity index (χ3v) is 3.46. The second-order valence-corrected chi connectivity index (χ2v) is 5.37. The fourth-order valence-electron chi connectivity index (χ4n) is 2.12. The van der Waals surface area contributed by atoms with E-state index in [1.807, 2.05) is 12.1 Å². The quantitative estimate of drug-likeness (QED) is 0.624. The molecule has 0 aliphatic carbocycles. The van der Waals surface area contributed by atoms with Gasteiger partial charge >= 0.3 is 0 Å². The number of hydrogen-bond acceptors (Lipinski definition) is 7. The first-order valence-corrected chi connectivity index (χ1v) is 7.41. The van der Waals surface area contributed by atoms with Gasteiger partial charge in [0.1, 0.15) is 5.75 Å². The molecule has 1 heterocycles. The zero-order valence-corrected chi connectivity index (χ0v) is 13.6. The highest BCUT2D eigenvalue weighted by atomic mass is 35.5. The first-order valence-electron chi connectivity index (χ1n) is 7.03. The van der Waals surface area contributed by atoms with Crippen LogP contribution in [0, 0.1) is 0 Å². The molecule has 0 bridgehead atoms. The van der Waals surface area contributed by atoms with E-state index in [0.29, 0.717) is 33.8 Å². The summed E-state index contributed by atoms with van der Waals surface area (Å²) in [7, 11) is 1.56. The Morgan fingerprint density at radius 1 is 1.00 bits per heavy atom. The van der Waals surface area contributed by atoms with E-state index in [1.54, 1.807) is 37.4 Å². The molecule has 0 saturated heterocycles. The molecule has 5 N–H and O–H groups in total. The third-order valence-electron chi connectivity index (χ3n) is 3.22. The maximum atomic E-state index is 6.06. The minimum Gasteiger partial charge on any atom is -0.496 e. The molecule has 0 fully saturated rings. The summed E-state index contributed by atoms with van der Waals surface area (Å²) in [5.41, 5.74) is 13.6. The van der Waals surface area contributed by atoms with E-state index < -0.39 is 0 Å². The van der Waals surface area contributed by atoms with Crippen LogP contribution in [0.25, 0.3) is 11.4 Å². The number of aromatic nitrogens is 3. The van der Waals surface area contributed by atoms with Crippen LogP contribution in [0.3, 0.4) is 0 Å². The van der Waals surface area contributed by atoms with Crippen LogP contribution in [0.5, 0.6) is 5.75 Å². The zero-order valence-electron chi connectivity index (χ0n) is 12.8. The number of anilines is 4. The lowest BCUT2D eigenvalue weighted by Gasteiger charge is -2.10. The van der Waals surface area contributed by atoms with Crippen molar-refractivity contribution in [1.82, 2.24) is 15.0 Å². The summed E-state index contributed by atoms with van der Waals surface area (Å²) in [6.45, 7) is 0. The maximum absolute atomic E-state index is 6.06. The topological polar surface area (TPSA) is 112 Å². The lowest BCUT2D eigenvalue weighted by atomic mass is 10.2. The van der Waals surface area contributed by atoms with Crippen LogP contribution in [-0.2, 0) is 0 Å². The second-order valence-electron chi connectivity index (χ2n) is 4.93. The Labute approximate surface area is 143 Å². The summed E-state index contributed by atoms with van der Waals surface area (Å²) in [5, 5.41) is 3.60. The van der Waals surface area contributed by atoms with Crippen LogP contribution in [-0.4, -0.2) is 22.1 Å². The molecule has 3 aromatic rings. The van der Waals surface area contributed by atoms with Crippen LogP contribution in [0.2, 0.25) is 5.02 Å². The first-order chi connectivity index (χ1) is 11.5. The van der Waals surface area contributed by atoms with Gasteiger partial charge < -0.3 is 21.5 Å². The molecule has 0 radical (unpaired) electrons. The molecule has 0 unspecified atom stereocenters. The number of halogens is 1. The van der Waals surface area contributed by atoms with Gasteiger partial charge in [0.25, 0.3) is 0 Å². The predicted molar refractivity (Wildman–Crippen MR) is 95.4 cm³/mol. The fraction of sp³-hybridized carbons (Fsp3) is 0.0625. The van der Waals surface area contributed by atoms with Crippen LogP contribution >= 0.6 is 11.6 Å². The second kappa shape index (κ2) is 6.59. The third kappa shape index (κ3) is 3.47. The van der Waals surface area contributed by atoms with Crippen molar-refractivity contribution in [1.29, 1.82) is 0 Å². The molecular formula is C16H15ClN6O. The number of rotatable bonds is 4. The summed E-state index contributed by atoms with van der Waals surface area (Å²) in [6, 6.07) is 12.3. The molecule has 3 rings (SSSR count). The summed E-state index contributed by atoms with van der Waals surface area (Å²) in [6.07, 6.45) is 0. The van der Waals surface area contributed by atoms with Crippen LogP contribution in [0.4, 0.5) is 23.3 Å². The van der Waals surface area contributed by atoms with Crippen molar-refractivity contribution in [2.45, 2.75) is 0 Å². The van der Waals surface area contributed by atoms with Crippen LogP contribution in [0.15, 0.2) is 42.5 Å². The lowest BCUT2D eigenvalue weighted by molar-refractivity contribution is 0.416. The molecule has 2 aromatic carbocycles. The Balaban J connectivity index is 2.00. The first kappa shape index (κ1) is 15.8. The summed E-state index contributed by atoms with van der Waals surface area (Å²) in [5.74, 6) is 1.34. The van der Waals surface area contributed by atoms with E-state index in [2.05, 4.69) is 20.3 Å². The number of ether oxygens (including phenoxy) is 1. The van der Waals surface area contributed by atoms with Crippen LogP contribution in [0.1, 0.15) is 0 Å². The molecule has 1 aromatic heterocycles. The van der Waals surface area contributed by atoms with Crippen molar-refractivity contribution < 1.29 is 4.74 Å². The van der Waals surface area contributed by atoms with Gasteiger partial charge in [-0.2, -0.15) is 15.0 Å². The molecular weight excluding hydrogens is 328 g/mol. The molecule has 0 aliphatic heterocycles. The lowest BCUT2D eigenvalue weighted by Crippen LogP contribution is -2.05. The Hall–Kier alpha value is -3.06. The average Bonchev–Trinajstić information content (AvgIpc) is 2.56. The SMILES string of the molecule is COc1ccc(Cl)cc1-c1nc(N)nc(Nc2ccc(N)cc2)n1. The predicted octanol–water partition coefficient (Wildman–Crippen LogP) is 3.11. The van der Waals surface area contributed by atoms with Gasteiger partial charge in [-0.15, -0.1) is 0 Å². The molecule has 24 heavy (non-hydrogen) atoms. The van der Waals surface area contributed by atoms with Crippen molar-refractivity contribution in [3.05, 3.63) is 47.5 Å². The zero-order chi connectivity index (χ0) is 17.1. The van der Waals surface area contributed by atoms with Crippen molar-refractivity contribution >= 4 is 34.9 Å². The summed E-state index contributed by atoms with van der Waals surface area (Å²) in [4.78, 5) is 12.6. The van der Waals surface area contributed by atoms with Crippen molar-refractivity contribution in [3.63, 3.8) is 0 Å². The van der Waals surface area contributed by atoms with E-state index in [9.17, 15) is 0 Å². The van der Waals surface area contributed by atoms with E-state index in [0.717, 1.165) is 5.69 Å². The highest BCUT2D eigenvalue weighted by Crippen LogP contribution is 2.31. The standard InChI is InChI=1S/C16H15ClN6O/c1-24-13-7-2-9(17)8-12(13)14-21-15(19)23-16(22-14)20-11-5-3-10(18)4-6-11/h2-8H,18H2,1H3,(H3,19,20,21,22,23). The van der Waals surface area contributed by atoms with Gasteiger partial charge in [0.2, 0.25) is 11.9 Å². The minimum atomic E-state index is 0.0833. The van der Waals surface area contributed by atoms with Gasteiger partial charge in [-0.05, 0) is 42.5 Å². The number of nitrogens with one attached hydrogen (secondary N) is 1. The number of methoxy groups -OCH3 is 1. The van der Waals surface area contributed by atoms with E-state index in [-0.39, 0.29) is 5.95 Å². The smallest absolute Gasteiger partial charge is 0.232 e. The van der Waals surface area contributed by atoms with Crippen molar-refractivity contribution in [2.75, 3.05) is 23.9 Å². The number of nitrogens with zero attached hydrogens (tertiary/aromatic N) is 3. The summed E-state index contributed by atoms with van der Waals surface area (Å²) >= 11 is 6.06. The van der Waals surface area contributed by atoms with Gasteiger partial charge in [0.15, 0.2) is 5.82 Å². The largest absolute Gasteiger partial charge is 0.496 e. The average molecular weight is 343 g/mol. The minimum absolute atomic E-state index is 0.0833. The van der Waals surface area contributed by atoms with E-state index in [1.165, 1.54) is 0 Å². The molecule has 7 nitrogen and oxygen atoms in total. The monoisotopic (exact) mass is 342 g/mol. The van der Waals surface area contributed by atoms with E-state index >= 15 is 0 Å².